The van der Waals surface area contributed by atoms with E-state index in [4.69, 9.17) is 5.73 Å². The fourth-order valence-electron chi connectivity index (χ4n) is 2.33. The molecule has 1 aromatic rings. The van der Waals surface area contributed by atoms with Gasteiger partial charge in [0.05, 0.1) is 0 Å². The van der Waals surface area contributed by atoms with E-state index in [0.29, 0.717) is 25.3 Å². The van der Waals surface area contributed by atoms with Crippen LogP contribution in [0.1, 0.15) is 18.9 Å². The first-order chi connectivity index (χ1) is 10.1. The summed E-state index contributed by atoms with van der Waals surface area (Å²) in [6, 6.07) is 7.36. The van der Waals surface area contributed by atoms with Gasteiger partial charge in [-0.05, 0) is 30.2 Å². The SMILES string of the molecule is CC(=O)N1CCCN(C(=O)/C=C/c2ccc(N)cc2)CC1. The number of nitrogens with two attached hydrogens (primary N) is 1. The maximum Gasteiger partial charge on any atom is 0.246 e. The van der Waals surface area contributed by atoms with Gasteiger partial charge in [-0.3, -0.25) is 9.59 Å². The first kappa shape index (κ1) is 15.1. The third kappa shape index (κ3) is 4.34. The van der Waals surface area contributed by atoms with E-state index in [2.05, 4.69) is 0 Å². The van der Waals surface area contributed by atoms with Crippen LogP contribution in [0.4, 0.5) is 5.69 Å². The average Bonchev–Trinajstić information content (AvgIpc) is 2.72. The van der Waals surface area contributed by atoms with Crippen LogP contribution in [-0.2, 0) is 9.59 Å². The van der Waals surface area contributed by atoms with Crippen LogP contribution in [0.25, 0.3) is 6.08 Å². The predicted molar refractivity (Wildman–Crippen MR) is 83.3 cm³/mol. The minimum Gasteiger partial charge on any atom is -0.399 e. The molecule has 0 saturated carbocycles. The molecule has 0 aromatic heterocycles. The van der Waals surface area contributed by atoms with E-state index in [1.807, 2.05) is 12.1 Å². The number of hydrogen-bond acceptors (Lipinski definition) is 3. The average molecular weight is 287 g/mol. The smallest absolute Gasteiger partial charge is 0.246 e. The van der Waals surface area contributed by atoms with E-state index in [1.54, 1.807) is 41.0 Å². The van der Waals surface area contributed by atoms with Gasteiger partial charge in [-0.1, -0.05) is 12.1 Å². The molecule has 0 unspecified atom stereocenters. The zero-order chi connectivity index (χ0) is 15.2. The van der Waals surface area contributed by atoms with Crippen molar-refractivity contribution in [3.8, 4) is 0 Å². The van der Waals surface area contributed by atoms with Crippen LogP contribution in [-0.4, -0.2) is 47.8 Å². The molecule has 2 amide bonds. The van der Waals surface area contributed by atoms with Crippen molar-refractivity contribution < 1.29 is 9.59 Å². The lowest BCUT2D eigenvalue weighted by Crippen LogP contribution is -2.35. The molecule has 1 aliphatic rings. The first-order valence-corrected chi connectivity index (χ1v) is 7.14. The predicted octanol–water partition coefficient (Wildman–Crippen LogP) is 1.36. The molecule has 1 aliphatic heterocycles. The number of carbonyl (C=O) groups excluding carboxylic acids is 2. The van der Waals surface area contributed by atoms with Gasteiger partial charge in [0.15, 0.2) is 0 Å². The van der Waals surface area contributed by atoms with Crippen molar-refractivity contribution in [2.75, 3.05) is 31.9 Å². The lowest BCUT2D eigenvalue weighted by Gasteiger charge is -2.20. The Bertz CT molecular complexity index is 537. The van der Waals surface area contributed by atoms with Gasteiger partial charge in [0.25, 0.3) is 0 Å². The number of hydrogen-bond donors (Lipinski definition) is 1. The van der Waals surface area contributed by atoms with Crippen LogP contribution in [0, 0.1) is 0 Å². The molecule has 0 atom stereocenters. The monoisotopic (exact) mass is 287 g/mol. The van der Waals surface area contributed by atoms with Gasteiger partial charge < -0.3 is 15.5 Å². The largest absolute Gasteiger partial charge is 0.399 e. The van der Waals surface area contributed by atoms with Crippen molar-refractivity contribution in [2.45, 2.75) is 13.3 Å². The Morgan fingerprint density at radius 3 is 2.33 bits per heavy atom. The normalized spacial score (nSPS) is 16.0. The van der Waals surface area contributed by atoms with E-state index < -0.39 is 0 Å². The zero-order valence-electron chi connectivity index (χ0n) is 12.3. The Balaban J connectivity index is 1.93. The highest BCUT2D eigenvalue weighted by Gasteiger charge is 2.18. The number of amides is 2. The van der Waals surface area contributed by atoms with Crippen molar-refractivity contribution in [1.29, 1.82) is 0 Å². The summed E-state index contributed by atoms with van der Waals surface area (Å²) in [5, 5.41) is 0. The summed E-state index contributed by atoms with van der Waals surface area (Å²) in [7, 11) is 0. The van der Waals surface area contributed by atoms with Gasteiger partial charge in [-0.25, -0.2) is 0 Å². The molecular weight excluding hydrogens is 266 g/mol. The summed E-state index contributed by atoms with van der Waals surface area (Å²) >= 11 is 0. The van der Waals surface area contributed by atoms with Crippen LogP contribution < -0.4 is 5.73 Å². The Morgan fingerprint density at radius 1 is 1.05 bits per heavy atom. The first-order valence-electron chi connectivity index (χ1n) is 7.14. The minimum atomic E-state index is -0.0165. The van der Waals surface area contributed by atoms with Crippen molar-refractivity contribution >= 4 is 23.6 Å². The molecule has 2 N–H and O–H groups in total. The molecule has 21 heavy (non-hydrogen) atoms. The number of nitrogen functional groups attached to an aromatic ring is 1. The fraction of sp³-hybridized carbons (Fsp3) is 0.375. The molecule has 0 bridgehead atoms. The lowest BCUT2D eigenvalue weighted by molar-refractivity contribution is -0.130. The minimum absolute atomic E-state index is 0.0165. The molecule has 5 nitrogen and oxygen atoms in total. The summed E-state index contributed by atoms with van der Waals surface area (Å²) in [5.74, 6) is 0.0546. The maximum atomic E-state index is 12.2. The molecule has 112 valence electrons. The number of rotatable bonds is 2. The quantitative estimate of drug-likeness (QED) is 0.660. The van der Waals surface area contributed by atoms with Gasteiger partial charge in [-0.15, -0.1) is 0 Å². The summed E-state index contributed by atoms with van der Waals surface area (Å²) in [6.45, 7) is 4.18. The Morgan fingerprint density at radius 2 is 1.67 bits per heavy atom. The highest BCUT2D eigenvalue weighted by Crippen LogP contribution is 2.09. The fourth-order valence-corrected chi connectivity index (χ4v) is 2.33. The number of nitrogens with zero attached hydrogens (tertiary/aromatic N) is 2. The third-order valence-corrected chi connectivity index (χ3v) is 3.61. The third-order valence-electron chi connectivity index (χ3n) is 3.61. The van der Waals surface area contributed by atoms with E-state index in [0.717, 1.165) is 18.5 Å². The van der Waals surface area contributed by atoms with Crippen molar-refractivity contribution in [1.82, 2.24) is 9.80 Å². The van der Waals surface area contributed by atoms with Crippen LogP contribution >= 0.6 is 0 Å². The number of carbonyl (C=O) groups is 2. The molecule has 0 aliphatic carbocycles. The zero-order valence-corrected chi connectivity index (χ0v) is 12.3. The van der Waals surface area contributed by atoms with E-state index in [-0.39, 0.29) is 11.8 Å². The van der Waals surface area contributed by atoms with Gasteiger partial charge in [-0.2, -0.15) is 0 Å². The van der Waals surface area contributed by atoms with Crippen LogP contribution in [0.15, 0.2) is 30.3 Å². The second-order valence-corrected chi connectivity index (χ2v) is 5.18. The summed E-state index contributed by atoms with van der Waals surface area (Å²) < 4.78 is 0. The molecule has 1 heterocycles. The number of anilines is 1. The van der Waals surface area contributed by atoms with Crippen molar-refractivity contribution in [3.05, 3.63) is 35.9 Å². The van der Waals surface area contributed by atoms with E-state index >= 15 is 0 Å². The van der Waals surface area contributed by atoms with E-state index in [1.165, 1.54) is 0 Å². The molecule has 1 fully saturated rings. The van der Waals surface area contributed by atoms with Crippen molar-refractivity contribution in [2.24, 2.45) is 0 Å². The summed E-state index contributed by atoms with van der Waals surface area (Å²) in [6.07, 6.45) is 4.19. The van der Waals surface area contributed by atoms with Gasteiger partial charge in [0.2, 0.25) is 11.8 Å². The van der Waals surface area contributed by atoms with Gasteiger partial charge in [0, 0.05) is 44.9 Å². The topological polar surface area (TPSA) is 66.6 Å². The molecule has 2 rings (SSSR count). The van der Waals surface area contributed by atoms with Gasteiger partial charge in [0.1, 0.15) is 0 Å². The second kappa shape index (κ2) is 6.92. The molecule has 5 heteroatoms. The second-order valence-electron chi connectivity index (χ2n) is 5.18. The van der Waals surface area contributed by atoms with E-state index in [9.17, 15) is 9.59 Å². The molecule has 0 spiro atoms. The standard InChI is InChI=1S/C16H21N3O2/c1-13(20)18-9-2-10-19(12-11-18)16(21)8-5-14-3-6-15(17)7-4-14/h3-8H,2,9-12,17H2,1H3/b8-5+. The van der Waals surface area contributed by atoms with Crippen LogP contribution in [0.5, 0.6) is 0 Å². The van der Waals surface area contributed by atoms with Crippen LogP contribution in [0.2, 0.25) is 0 Å². The van der Waals surface area contributed by atoms with Crippen molar-refractivity contribution in [3.63, 3.8) is 0 Å². The molecule has 1 saturated heterocycles. The van der Waals surface area contributed by atoms with Gasteiger partial charge >= 0.3 is 0 Å². The highest BCUT2D eigenvalue weighted by molar-refractivity contribution is 5.91. The summed E-state index contributed by atoms with van der Waals surface area (Å²) in [4.78, 5) is 27.1. The molecular formula is C16H21N3O2. The Kier molecular flexibility index (Phi) is 4.98. The maximum absolute atomic E-state index is 12.2. The molecule has 1 aromatic carbocycles. The molecule has 0 radical (unpaired) electrons. The summed E-state index contributed by atoms with van der Waals surface area (Å²) in [5.41, 5.74) is 7.27. The lowest BCUT2D eigenvalue weighted by atomic mass is 10.2. The highest BCUT2D eigenvalue weighted by atomic mass is 16.2. The van der Waals surface area contributed by atoms with Crippen LogP contribution in [0.3, 0.4) is 0 Å². The Labute approximate surface area is 125 Å². The Hall–Kier alpha value is -2.30. The number of benzene rings is 1.